The molecule has 24 heavy (non-hydrogen) atoms. The number of benzene rings is 2. The van der Waals surface area contributed by atoms with Gasteiger partial charge in [-0.05, 0) is 71.6 Å². The van der Waals surface area contributed by atoms with Gasteiger partial charge in [0.2, 0.25) is 0 Å². The predicted molar refractivity (Wildman–Crippen MR) is 98.4 cm³/mol. The molecular formula is C23H24O. The highest BCUT2D eigenvalue weighted by Crippen LogP contribution is 2.57. The van der Waals surface area contributed by atoms with E-state index in [0.717, 1.165) is 38.5 Å². The molecule has 2 unspecified atom stereocenters. The second-order valence-electron chi connectivity index (χ2n) is 8.01. The summed E-state index contributed by atoms with van der Waals surface area (Å²) in [6.45, 7) is 2.23. The van der Waals surface area contributed by atoms with Crippen LogP contribution in [0.3, 0.4) is 0 Å². The van der Waals surface area contributed by atoms with Gasteiger partial charge in [0, 0.05) is 6.42 Å². The van der Waals surface area contributed by atoms with Crippen molar-refractivity contribution >= 4 is 16.6 Å². The van der Waals surface area contributed by atoms with Crippen LogP contribution in [0, 0.1) is 5.92 Å². The van der Waals surface area contributed by atoms with E-state index in [9.17, 15) is 4.79 Å². The van der Waals surface area contributed by atoms with Crippen molar-refractivity contribution < 1.29 is 4.79 Å². The molecule has 1 fully saturated rings. The average molecular weight is 316 g/mol. The van der Waals surface area contributed by atoms with Crippen molar-refractivity contribution in [3.63, 3.8) is 0 Å². The molecule has 0 radical (unpaired) electrons. The second kappa shape index (κ2) is 5.05. The first-order chi connectivity index (χ1) is 11.7. The molecule has 122 valence electrons. The number of allylic oxidation sites excluding steroid dienone is 2. The Bertz CT molecular complexity index is 888. The van der Waals surface area contributed by atoms with Crippen LogP contribution in [0.2, 0.25) is 0 Å². The molecule has 0 aliphatic heterocycles. The van der Waals surface area contributed by atoms with Crippen molar-refractivity contribution in [2.45, 2.75) is 57.3 Å². The minimum atomic E-state index is -0.187. The van der Waals surface area contributed by atoms with Gasteiger partial charge in [-0.1, -0.05) is 49.3 Å². The Morgan fingerprint density at radius 1 is 1.12 bits per heavy atom. The maximum atomic E-state index is 13.0. The average Bonchev–Trinajstić information content (AvgIpc) is 3.19. The van der Waals surface area contributed by atoms with Crippen LogP contribution < -0.4 is 0 Å². The molecule has 0 aromatic heterocycles. The Balaban J connectivity index is 1.70. The first-order valence-electron chi connectivity index (χ1n) is 9.48. The van der Waals surface area contributed by atoms with E-state index >= 15 is 0 Å². The Kier molecular flexibility index (Phi) is 3.04. The van der Waals surface area contributed by atoms with Crippen LogP contribution in [0.15, 0.2) is 42.0 Å². The number of carbonyl (C=O) groups excluding carboxylic acids is 1. The zero-order valence-corrected chi connectivity index (χ0v) is 14.4. The number of carbonyl (C=O) groups is 1. The zero-order valence-electron chi connectivity index (χ0n) is 14.4. The molecule has 2 atom stereocenters. The largest absolute Gasteiger partial charge is 0.299 e. The van der Waals surface area contributed by atoms with E-state index in [1.807, 2.05) is 0 Å². The second-order valence-corrected chi connectivity index (χ2v) is 8.01. The van der Waals surface area contributed by atoms with Crippen molar-refractivity contribution in [1.82, 2.24) is 0 Å². The van der Waals surface area contributed by atoms with Crippen molar-refractivity contribution in [2.24, 2.45) is 5.92 Å². The summed E-state index contributed by atoms with van der Waals surface area (Å²) in [6.07, 6.45) is 9.62. The summed E-state index contributed by atoms with van der Waals surface area (Å²) < 4.78 is 0. The van der Waals surface area contributed by atoms with Gasteiger partial charge < -0.3 is 0 Å². The minimum absolute atomic E-state index is 0.187. The Labute approximate surface area is 143 Å². The molecule has 0 heterocycles. The molecule has 3 aliphatic rings. The van der Waals surface area contributed by atoms with E-state index < -0.39 is 0 Å². The molecule has 5 rings (SSSR count). The van der Waals surface area contributed by atoms with Crippen LogP contribution in [-0.4, -0.2) is 5.78 Å². The summed E-state index contributed by atoms with van der Waals surface area (Å²) in [5, 5.41) is 2.66. The number of rotatable bonds is 2. The quantitative estimate of drug-likeness (QED) is 0.688. The molecule has 2 aromatic rings. The Hall–Kier alpha value is -1.89. The Morgan fingerprint density at radius 2 is 2.04 bits per heavy atom. The summed E-state index contributed by atoms with van der Waals surface area (Å²) in [5.74, 6) is 1.03. The molecule has 2 bridgehead atoms. The molecule has 0 N–H and O–H groups in total. The lowest BCUT2D eigenvalue weighted by Crippen LogP contribution is -2.43. The number of aryl methyl sites for hydroxylation is 2. The van der Waals surface area contributed by atoms with Gasteiger partial charge in [-0.2, -0.15) is 0 Å². The monoisotopic (exact) mass is 316 g/mol. The highest BCUT2D eigenvalue weighted by Gasteiger charge is 2.54. The van der Waals surface area contributed by atoms with Gasteiger partial charge in [0.1, 0.15) is 5.78 Å². The molecule has 1 saturated carbocycles. The fourth-order valence-corrected chi connectivity index (χ4v) is 5.54. The summed E-state index contributed by atoms with van der Waals surface area (Å²) >= 11 is 0. The van der Waals surface area contributed by atoms with E-state index in [-0.39, 0.29) is 5.41 Å². The van der Waals surface area contributed by atoms with Gasteiger partial charge in [-0.25, -0.2) is 0 Å². The van der Waals surface area contributed by atoms with Gasteiger partial charge in [0.05, 0.1) is 5.41 Å². The van der Waals surface area contributed by atoms with Crippen LogP contribution >= 0.6 is 0 Å². The summed E-state index contributed by atoms with van der Waals surface area (Å²) in [4.78, 5) is 13.0. The van der Waals surface area contributed by atoms with Gasteiger partial charge in [-0.15, -0.1) is 0 Å². The maximum absolute atomic E-state index is 13.0. The number of ketones is 1. The lowest BCUT2D eigenvalue weighted by molar-refractivity contribution is -0.126. The maximum Gasteiger partial charge on any atom is 0.144 e. The minimum Gasteiger partial charge on any atom is -0.299 e. The summed E-state index contributed by atoms with van der Waals surface area (Å²) in [7, 11) is 0. The highest BCUT2D eigenvalue weighted by molar-refractivity contribution is 5.96. The molecule has 1 heteroatoms. The molecule has 3 aliphatic carbocycles. The van der Waals surface area contributed by atoms with Gasteiger partial charge in [0.25, 0.3) is 0 Å². The molecular weight excluding hydrogens is 292 g/mol. The summed E-state index contributed by atoms with van der Waals surface area (Å²) in [5.41, 5.74) is 5.57. The molecule has 1 spiro atoms. The van der Waals surface area contributed by atoms with Crippen molar-refractivity contribution in [2.75, 3.05) is 0 Å². The van der Waals surface area contributed by atoms with E-state index in [4.69, 9.17) is 0 Å². The third-order valence-corrected chi connectivity index (χ3v) is 6.67. The number of Topliss-reactive ketones (excluding diaryl/α,β-unsaturated/α-hetero) is 1. The van der Waals surface area contributed by atoms with Crippen molar-refractivity contribution in [3.8, 4) is 0 Å². The Morgan fingerprint density at radius 3 is 2.79 bits per heavy atom. The normalized spacial score (nSPS) is 27.8. The molecule has 0 saturated heterocycles. The standard InChI is InChI=1S/C23H24O/c1-2-3-15-4-6-17-13-21-18(12-19(17)10-15)7-9-22(24)23(21)14-16-5-8-20(23)11-16/h4-6,10,12-13,20H,2-3,7-9,11,14H2,1H3. The van der Waals surface area contributed by atoms with Crippen LogP contribution in [-0.2, 0) is 23.1 Å². The lowest BCUT2D eigenvalue weighted by Gasteiger charge is -2.40. The topological polar surface area (TPSA) is 17.1 Å². The van der Waals surface area contributed by atoms with Crippen LogP contribution in [0.4, 0.5) is 0 Å². The molecule has 0 amide bonds. The fourth-order valence-electron chi connectivity index (χ4n) is 5.54. The van der Waals surface area contributed by atoms with Crippen LogP contribution in [0.1, 0.15) is 55.7 Å². The van der Waals surface area contributed by atoms with E-state index in [0.29, 0.717) is 11.7 Å². The molecule has 2 aromatic carbocycles. The third kappa shape index (κ3) is 1.84. The first-order valence-corrected chi connectivity index (χ1v) is 9.48. The SMILES string of the molecule is CCCc1ccc2cc3c(cc2c1)CCC(=O)C31CC2=CCC1C2. The zero-order chi connectivity index (χ0) is 16.3. The molecule has 1 nitrogen and oxygen atoms in total. The third-order valence-electron chi connectivity index (χ3n) is 6.67. The lowest BCUT2D eigenvalue weighted by atomic mass is 9.61. The van der Waals surface area contributed by atoms with Crippen LogP contribution in [0.5, 0.6) is 0 Å². The van der Waals surface area contributed by atoms with E-state index in [2.05, 4.69) is 43.3 Å². The van der Waals surface area contributed by atoms with Gasteiger partial charge in [-0.3, -0.25) is 4.79 Å². The first kappa shape index (κ1) is 14.5. The smallest absolute Gasteiger partial charge is 0.144 e. The van der Waals surface area contributed by atoms with Crippen LogP contribution in [0.25, 0.3) is 10.8 Å². The number of fused-ring (bicyclic) bond motifs is 6. The number of hydrogen-bond acceptors (Lipinski definition) is 1. The summed E-state index contributed by atoms with van der Waals surface area (Å²) in [6, 6.07) is 11.6. The van der Waals surface area contributed by atoms with Crippen molar-refractivity contribution in [1.29, 1.82) is 0 Å². The van der Waals surface area contributed by atoms with Gasteiger partial charge >= 0.3 is 0 Å². The number of hydrogen-bond donors (Lipinski definition) is 0. The predicted octanol–water partition coefficient (Wildman–Crippen LogP) is 5.29. The fraction of sp³-hybridized carbons (Fsp3) is 0.435. The van der Waals surface area contributed by atoms with Crippen molar-refractivity contribution in [3.05, 3.63) is 58.7 Å². The highest BCUT2D eigenvalue weighted by atomic mass is 16.1. The van der Waals surface area contributed by atoms with E-state index in [1.165, 1.54) is 39.5 Å². The van der Waals surface area contributed by atoms with Gasteiger partial charge in [0.15, 0.2) is 0 Å². The van der Waals surface area contributed by atoms with E-state index in [1.54, 1.807) is 0 Å².